The van der Waals surface area contributed by atoms with Gasteiger partial charge in [-0.3, -0.25) is 4.79 Å². The van der Waals surface area contributed by atoms with Crippen molar-refractivity contribution in [1.82, 2.24) is 4.31 Å². The fraction of sp³-hybridized carbons (Fsp3) is 0.562. The van der Waals surface area contributed by atoms with Crippen molar-refractivity contribution in [2.24, 2.45) is 0 Å². The summed E-state index contributed by atoms with van der Waals surface area (Å²) in [4.78, 5) is 12.4. The zero-order valence-corrected chi connectivity index (χ0v) is 14.9. The fourth-order valence-electron chi connectivity index (χ4n) is 2.88. The Hall–Kier alpha value is -1.68. The summed E-state index contributed by atoms with van der Waals surface area (Å²) in [6.07, 6.45) is 0.977. The second kappa shape index (κ2) is 7.69. The molecule has 2 aliphatic heterocycles. The van der Waals surface area contributed by atoms with Gasteiger partial charge < -0.3 is 19.5 Å². The molecular formula is C16H22N2O6S. The number of benzene rings is 1. The Morgan fingerprint density at radius 2 is 2.04 bits per heavy atom. The number of carbonyl (C=O) groups is 1. The lowest BCUT2D eigenvalue weighted by Crippen LogP contribution is -2.40. The summed E-state index contributed by atoms with van der Waals surface area (Å²) in [6.45, 7) is 1.93. The first-order valence-corrected chi connectivity index (χ1v) is 9.65. The van der Waals surface area contributed by atoms with Crippen LogP contribution in [0.4, 0.5) is 5.69 Å². The monoisotopic (exact) mass is 370 g/mol. The molecule has 1 aromatic rings. The normalized spacial score (nSPS) is 21.9. The van der Waals surface area contributed by atoms with E-state index in [0.29, 0.717) is 50.8 Å². The molecule has 1 amide bonds. The third-order valence-electron chi connectivity index (χ3n) is 4.26. The minimum Gasteiger partial charge on any atom is -0.495 e. The van der Waals surface area contributed by atoms with E-state index < -0.39 is 16.1 Å². The first-order chi connectivity index (χ1) is 12.0. The van der Waals surface area contributed by atoms with Crippen molar-refractivity contribution in [1.29, 1.82) is 0 Å². The highest BCUT2D eigenvalue weighted by Crippen LogP contribution is 2.30. The molecule has 0 radical (unpaired) electrons. The molecule has 0 unspecified atom stereocenters. The van der Waals surface area contributed by atoms with Gasteiger partial charge in [0.05, 0.1) is 30.9 Å². The van der Waals surface area contributed by atoms with Gasteiger partial charge in [0, 0.05) is 19.7 Å². The average molecular weight is 370 g/mol. The van der Waals surface area contributed by atoms with E-state index >= 15 is 0 Å². The smallest absolute Gasteiger partial charge is 0.253 e. The number of nitrogens with zero attached hydrogens (tertiary/aromatic N) is 1. The van der Waals surface area contributed by atoms with Crippen molar-refractivity contribution in [3.63, 3.8) is 0 Å². The van der Waals surface area contributed by atoms with E-state index in [9.17, 15) is 13.2 Å². The van der Waals surface area contributed by atoms with Crippen molar-refractivity contribution in [2.45, 2.75) is 23.8 Å². The Kier molecular flexibility index (Phi) is 5.57. The first-order valence-electron chi connectivity index (χ1n) is 8.21. The number of hydrogen-bond acceptors (Lipinski definition) is 6. The number of anilines is 1. The number of methoxy groups -OCH3 is 1. The molecule has 3 rings (SSSR count). The summed E-state index contributed by atoms with van der Waals surface area (Å²) in [7, 11) is -2.18. The van der Waals surface area contributed by atoms with Crippen LogP contribution in [0.15, 0.2) is 23.1 Å². The molecule has 8 nitrogen and oxygen atoms in total. The molecule has 0 bridgehead atoms. The van der Waals surface area contributed by atoms with Crippen LogP contribution in [0.5, 0.6) is 5.75 Å². The Balaban J connectivity index is 1.85. The molecule has 2 heterocycles. The lowest BCUT2D eigenvalue weighted by molar-refractivity contribution is -0.124. The Labute approximate surface area is 147 Å². The van der Waals surface area contributed by atoms with E-state index in [0.717, 1.165) is 6.42 Å². The first kappa shape index (κ1) is 18.1. The average Bonchev–Trinajstić information content (AvgIpc) is 3.17. The number of amides is 1. The molecule has 2 saturated heterocycles. The van der Waals surface area contributed by atoms with Crippen LogP contribution >= 0.6 is 0 Å². The molecule has 9 heteroatoms. The maximum absolute atomic E-state index is 12.8. The molecule has 0 saturated carbocycles. The second-order valence-corrected chi connectivity index (χ2v) is 7.81. The van der Waals surface area contributed by atoms with Crippen LogP contribution in [0, 0.1) is 0 Å². The van der Waals surface area contributed by atoms with Gasteiger partial charge in [0.15, 0.2) is 0 Å². The lowest BCUT2D eigenvalue weighted by Gasteiger charge is -2.26. The number of carbonyl (C=O) groups excluding carboxylic acids is 1. The van der Waals surface area contributed by atoms with Crippen LogP contribution in [0.1, 0.15) is 12.8 Å². The number of rotatable bonds is 5. The van der Waals surface area contributed by atoms with Crippen molar-refractivity contribution >= 4 is 21.6 Å². The summed E-state index contributed by atoms with van der Waals surface area (Å²) in [5.74, 6) is 0.101. The topological polar surface area (TPSA) is 94.2 Å². The molecule has 2 fully saturated rings. The van der Waals surface area contributed by atoms with Crippen molar-refractivity contribution < 1.29 is 27.4 Å². The van der Waals surface area contributed by atoms with E-state index in [4.69, 9.17) is 14.2 Å². The van der Waals surface area contributed by atoms with Crippen molar-refractivity contribution in [2.75, 3.05) is 45.3 Å². The quantitative estimate of drug-likeness (QED) is 0.825. The summed E-state index contributed by atoms with van der Waals surface area (Å²) in [5, 5.41) is 2.72. The van der Waals surface area contributed by atoms with E-state index in [-0.39, 0.29) is 10.8 Å². The third kappa shape index (κ3) is 3.95. The van der Waals surface area contributed by atoms with Crippen LogP contribution in [0.2, 0.25) is 0 Å². The third-order valence-corrected chi connectivity index (χ3v) is 6.15. The highest BCUT2D eigenvalue weighted by molar-refractivity contribution is 7.89. The Morgan fingerprint density at radius 1 is 1.28 bits per heavy atom. The maximum Gasteiger partial charge on any atom is 0.253 e. The summed E-state index contributed by atoms with van der Waals surface area (Å²) in [5.41, 5.74) is 0.317. The standard InChI is InChI=1S/C16H22N2O6S/c1-22-14-5-4-12(25(20,21)18-6-9-23-10-7-18)11-13(14)17-16(19)15-3-2-8-24-15/h4-5,11,15H,2-3,6-10H2,1H3,(H,17,19)/t15-/m0/s1. The number of hydrogen-bond donors (Lipinski definition) is 1. The van der Waals surface area contributed by atoms with Crippen LogP contribution < -0.4 is 10.1 Å². The summed E-state index contributed by atoms with van der Waals surface area (Å²) < 4.78 is 42.7. The van der Waals surface area contributed by atoms with Crippen LogP contribution in [-0.4, -0.2) is 64.8 Å². The molecule has 1 N–H and O–H groups in total. The zero-order valence-electron chi connectivity index (χ0n) is 14.1. The largest absolute Gasteiger partial charge is 0.495 e. The highest BCUT2D eigenvalue weighted by atomic mass is 32.2. The van der Waals surface area contributed by atoms with E-state index in [2.05, 4.69) is 5.32 Å². The molecule has 0 spiro atoms. The number of nitrogens with one attached hydrogen (secondary N) is 1. The van der Waals surface area contributed by atoms with Crippen molar-refractivity contribution in [3.05, 3.63) is 18.2 Å². The fourth-order valence-corrected chi connectivity index (χ4v) is 4.31. The SMILES string of the molecule is COc1ccc(S(=O)(=O)N2CCOCC2)cc1NC(=O)[C@@H]1CCCO1. The molecule has 0 aromatic heterocycles. The lowest BCUT2D eigenvalue weighted by atomic mass is 10.2. The van der Waals surface area contributed by atoms with Gasteiger partial charge >= 0.3 is 0 Å². The minimum absolute atomic E-state index is 0.109. The van der Waals surface area contributed by atoms with Gasteiger partial charge in [-0.05, 0) is 31.0 Å². The predicted molar refractivity (Wildman–Crippen MR) is 90.2 cm³/mol. The van der Waals surface area contributed by atoms with Crippen LogP contribution in [0.3, 0.4) is 0 Å². The van der Waals surface area contributed by atoms with Gasteiger partial charge in [-0.25, -0.2) is 8.42 Å². The molecule has 1 aromatic carbocycles. The predicted octanol–water partition coefficient (Wildman–Crippen LogP) is 0.834. The van der Waals surface area contributed by atoms with Gasteiger partial charge in [-0.2, -0.15) is 4.31 Å². The molecule has 1 atom stereocenters. The Bertz CT molecular complexity index is 724. The zero-order chi connectivity index (χ0) is 17.9. The number of sulfonamides is 1. The van der Waals surface area contributed by atoms with Gasteiger partial charge in [0.25, 0.3) is 5.91 Å². The van der Waals surface area contributed by atoms with Gasteiger partial charge in [-0.1, -0.05) is 0 Å². The Morgan fingerprint density at radius 3 is 2.68 bits per heavy atom. The van der Waals surface area contributed by atoms with Gasteiger partial charge in [0.1, 0.15) is 11.9 Å². The molecule has 0 aliphatic carbocycles. The second-order valence-electron chi connectivity index (χ2n) is 5.87. The minimum atomic E-state index is -3.65. The highest BCUT2D eigenvalue weighted by Gasteiger charge is 2.28. The summed E-state index contributed by atoms with van der Waals surface area (Å²) >= 11 is 0. The number of morpholine rings is 1. The van der Waals surface area contributed by atoms with E-state index in [1.54, 1.807) is 6.07 Å². The van der Waals surface area contributed by atoms with Gasteiger partial charge in [-0.15, -0.1) is 0 Å². The van der Waals surface area contributed by atoms with Crippen LogP contribution in [0.25, 0.3) is 0 Å². The van der Waals surface area contributed by atoms with Crippen LogP contribution in [-0.2, 0) is 24.3 Å². The molecular weight excluding hydrogens is 348 g/mol. The molecule has 25 heavy (non-hydrogen) atoms. The van der Waals surface area contributed by atoms with E-state index in [1.165, 1.54) is 23.5 Å². The van der Waals surface area contributed by atoms with Gasteiger partial charge in [0.2, 0.25) is 10.0 Å². The van der Waals surface area contributed by atoms with E-state index in [1.807, 2.05) is 0 Å². The molecule has 138 valence electrons. The molecule has 2 aliphatic rings. The number of ether oxygens (including phenoxy) is 3. The maximum atomic E-state index is 12.8. The summed E-state index contributed by atoms with van der Waals surface area (Å²) in [6, 6.07) is 4.44. The van der Waals surface area contributed by atoms with Crippen molar-refractivity contribution in [3.8, 4) is 5.75 Å².